The Hall–Kier alpha value is -1.39. The number of carbonyl (C=O) groups is 1. The summed E-state index contributed by atoms with van der Waals surface area (Å²) in [4.78, 5) is 15.9. The predicted molar refractivity (Wildman–Crippen MR) is 75.7 cm³/mol. The van der Waals surface area contributed by atoms with Crippen LogP contribution in [0.2, 0.25) is 5.02 Å². The SMILES string of the molecule is O=C(Cc1cccc(Cl)c1)Nc1ncccc1Br. The maximum atomic E-state index is 11.8. The van der Waals surface area contributed by atoms with Crippen LogP contribution in [0.3, 0.4) is 0 Å². The van der Waals surface area contributed by atoms with Gasteiger partial charge in [0.25, 0.3) is 0 Å². The molecule has 0 saturated heterocycles. The minimum Gasteiger partial charge on any atom is -0.309 e. The lowest BCUT2D eigenvalue weighted by Crippen LogP contribution is -2.15. The van der Waals surface area contributed by atoms with Crippen LogP contribution < -0.4 is 5.32 Å². The standard InChI is InChI=1S/C13H10BrClN2O/c14-11-5-2-6-16-13(11)17-12(18)8-9-3-1-4-10(15)7-9/h1-7H,8H2,(H,16,17,18). The van der Waals surface area contributed by atoms with Crippen molar-refractivity contribution in [3.05, 3.63) is 57.7 Å². The van der Waals surface area contributed by atoms with Crippen LogP contribution in [0.4, 0.5) is 5.82 Å². The molecule has 0 aliphatic rings. The summed E-state index contributed by atoms with van der Waals surface area (Å²) >= 11 is 9.19. The lowest BCUT2D eigenvalue weighted by atomic mass is 10.1. The van der Waals surface area contributed by atoms with Crippen molar-refractivity contribution in [2.45, 2.75) is 6.42 Å². The van der Waals surface area contributed by atoms with Crippen LogP contribution in [0.15, 0.2) is 47.1 Å². The molecule has 1 N–H and O–H groups in total. The van der Waals surface area contributed by atoms with Crippen molar-refractivity contribution < 1.29 is 4.79 Å². The largest absolute Gasteiger partial charge is 0.309 e. The number of nitrogens with one attached hydrogen (secondary N) is 1. The van der Waals surface area contributed by atoms with Gasteiger partial charge >= 0.3 is 0 Å². The number of halogens is 2. The molecule has 0 bridgehead atoms. The lowest BCUT2D eigenvalue weighted by Gasteiger charge is -2.06. The number of pyridine rings is 1. The molecule has 3 nitrogen and oxygen atoms in total. The van der Waals surface area contributed by atoms with Gasteiger partial charge in [-0.15, -0.1) is 0 Å². The molecule has 0 spiro atoms. The van der Waals surface area contributed by atoms with Gasteiger partial charge in [0.05, 0.1) is 10.9 Å². The number of anilines is 1. The van der Waals surface area contributed by atoms with E-state index in [2.05, 4.69) is 26.2 Å². The van der Waals surface area contributed by atoms with E-state index in [0.29, 0.717) is 10.8 Å². The minimum atomic E-state index is -0.128. The second-order valence-corrected chi connectivity index (χ2v) is 4.98. The number of aromatic nitrogens is 1. The van der Waals surface area contributed by atoms with E-state index in [1.54, 1.807) is 24.4 Å². The van der Waals surface area contributed by atoms with Gasteiger partial charge in [0.15, 0.2) is 0 Å². The van der Waals surface area contributed by atoms with Crippen LogP contribution in [0, 0.1) is 0 Å². The topological polar surface area (TPSA) is 42.0 Å². The zero-order chi connectivity index (χ0) is 13.0. The first-order valence-electron chi connectivity index (χ1n) is 5.30. The summed E-state index contributed by atoms with van der Waals surface area (Å²) < 4.78 is 0.754. The smallest absolute Gasteiger partial charge is 0.229 e. The molecule has 0 aliphatic heterocycles. The first-order valence-corrected chi connectivity index (χ1v) is 6.47. The number of hydrogen-bond donors (Lipinski definition) is 1. The lowest BCUT2D eigenvalue weighted by molar-refractivity contribution is -0.115. The summed E-state index contributed by atoms with van der Waals surface area (Å²) in [6.45, 7) is 0. The van der Waals surface area contributed by atoms with Gasteiger partial charge in [-0.1, -0.05) is 23.7 Å². The van der Waals surface area contributed by atoms with Gasteiger partial charge in [0, 0.05) is 11.2 Å². The second-order valence-electron chi connectivity index (χ2n) is 3.69. The van der Waals surface area contributed by atoms with Crippen LogP contribution >= 0.6 is 27.5 Å². The number of rotatable bonds is 3. The molecule has 1 aromatic carbocycles. The van der Waals surface area contributed by atoms with Crippen molar-refractivity contribution in [3.63, 3.8) is 0 Å². The molecule has 0 atom stereocenters. The number of hydrogen-bond acceptors (Lipinski definition) is 2. The summed E-state index contributed by atoms with van der Waals surface area (Å²) in [7, 11) is 0. The molecule has 0 radical (unpaired) electrons. The predicted octanol–water partition coefficient (Wildman–Crippen LogP) is 3.68. The highest BCUT2D eigenvalue weighted by molar-refractivity contribution is 9.10. The Balaban J connectivity index is 2.03. The fourth-order valence-electron chi connectivity index (χ4n) is 1.49. The average molecular weight is 326 g/mol. The summed E-state index contributed by atoms with van der Waals surface area (Å²) in [5.41, 5.74) is 0.868. The van der Waals surface area contributed by atoms with E-state index in [9.17, 15) is 4.79 Å². The van der Waals surface area contributed by atoms with Crippen LogP contribution in [0.1, 0.15) is 5.56 Å². The monoisotopic (exact) mass is 324 g/mol. The first kappa shape index (κ1) is 13.1. The van der Waals surface area contributed by atoms with Crippen molar-refractivity contribution in [1.29, 1.82) is 0 Å². The maximum Gasteiger partial charge on any atom is 0.229 e. The molecule has 0 fully saturated rings. The molecule has 1 heterocycles. The Morgan fingerprint density at radius 1 is 1.33 bits per heavy atom. The van der Waals surface area contributed by atoms with Gasteiger partial charge in [0.2, 0.25) is 5.91 Å². The zero-order valence-electron chi connectivity index (χ0n) is 9.36. The van der Waals surface area contributed by atoms with E-state index in [1.165, 1.54) is 0 Å². The Morgan fingerprint density at radius 3 is 2.89 bits per heavy atom. The van der Waals surface area contributed by atoms with Crippen molar-refractivity contribution in [1.82, 2.24) is 4.98 Å². The molecular weight excluding hydrogens is 316 g/mol. The molecule has 0 unspecified atom stereocenters. The van der Waals surface area contributed by atoms with Crippen molar-refractivity contribution >= 4 is 39.3 Å². The van der Waals surface area contributed by atoms with Gasteiger partial charge in [0.1, 0.15) is 5.82 Å². The number of nitrogens with zero attached hydrogens (tertiary/aromatic N) is 1. The Bertz CT molecular complexity index is 574. The van der Waals surface area contributed by atoms with Gasteiger partial charge < -0.3 is 5.32 Å². The quantitative estimate of drug-likeness (QED) is 0.935. The fourth-order valence-corrected chi connectivity index (χ4v) is 2.05. The molecule has 92 valence electrons. The van der Waals surface area contributed by atoms with Crippen LogP contribution in [-0.2, 0) is 11.2 Å². The third-order valence-electron chi connectivity index (χ3n) is 2.27. The van der Waals surface area contributed by atoms with Crippen LogP contribution in [-0.4, -0.2) is 10.9 Å². The fraction of sp³-hybridized carbons (Fsp3) is 0.0769. The van der Waals surface area contributed by atoms with E-state index in [4.69, 9.17) is 11.6 Å². The third kappa shape index (κ3) is 3.55. The molecule has 18 heavy (non-hydrogen) atoms. The number of carbonyl (C=O) groups excluding carboxylic acids is 1. The highest BCUT2D eigenvalue weighted by atomic mass is 79.9. The minimum absolute atomic E-state index is 0.128. The van der Waals surface area contributed by atoms with Crippen molar-refractivity contribution in [3.8, 4) is 0 Å². The normalized spacial score (nSPS) is 10.1. The molecule has 5 heteroatoms. The van der Waals surface area contributed by atoms with E-state index < -0.39 is 0 Å². The zero-order valence-corrected chi connectivity index (χ0v) is 11.7. The van der Waals surface area contributed by atoms with Crippen LogP contribution in [0.25, 0.3) is 0 Å². The number of amides is 1. The highest BCUT2D eigenvalue weighted by Crippen LogP contribution is 2.18. The van der Waals surface area contributed by atoms with Crippen molar-refractivity contribution in [2.75, 3.05) is 5.32 Å². The van der Waals surface area contributed by atoms with E-state index in [-0.39, 0.29) is 12.3 Å². The summed E-state index contributed by atoms with van der Waals surface area (Å²) in [5.74, 6) is 0.390. The Labute approximate surface area is 118 Å². The van der Waals surface area contributed by atoms with Gasteiger partial charge in [-0.3, -0.25) is 4.79 Å². The maximum absolute atomic E-state index is 11.8. The first-order chi connectivity index (χ1) is 8.65. The molecule has 0 aliphatic carbocycles. The molecule has 0 saturated carbocycles. The van der Waals surface area contributed by atoms with E-state index >= 15 is 0 Å². The highest BCUT2D eigenvalue weighted by Gasteiger charge is 2.07. The summed E-state index contributed by atoms with van der Waals surface area (Å²) in [6, 6.07) is 10.8. The van der Waals surface area contributed by atoms with Gasteiger partial charge in [-0.2, -0.15) is 0 Å². The van der Waals surface area contributed by atoms with Crippen molar-refractivity contribution in [2.24, 2.45) is 0 Å². The van der Waals surface area contributed by atoms with E-state index in [1.807, 2.05) is 18.2 Å². The van der Waals surface area contributed by atoms with Gasteiger partial charge in [-0.25, -0.2) is 4.98 Å². The van der Waals surface area contributed by atoms with E-state index in [0.717, 1.165) is 10.0 Å². The Morgan fingerprint density at radius 2 is 2.17 bits per heavy atom. The third-order valence-corrected chi connectivity index (χ3v) is 3.15. The molecule has 1 amide bonds. The average Bonchev–Trinajstić information content (AvgIpc) is 2.32. The molecule has 2 rings (SSSR count). The summed E-state index contributed by atoms with van der Waals surface area (Å²) in [5, 5.41) is 3.36. The van der Waals surface area contributed by atoms with Crippen LogP contribution in [0.5, 0.6) is 0 Å². The molecule has 2 aromatic rings. The molecular formula is C13H10BrClN2O. The molecule has 1 aromatic heterocycles. The summed E-state index contributed by atoms with van der Waals surface area (Å²) in [6.07, 6.45) is 1.89. The Kier molecular flexibility index (Phi) is 4.33. The second kappa shape index (κ2) is 5.98. The number of benzene rings is 1. The van der Waals surface area contributed by atoms with Gasteiger partial charge in [-0.05, 0) is 45.8 Å².